The van der Waals surface area contributed by atoms with Crippen molar-refractivity contribution < 1.29 is 13.2 Å². The van der Waals surface area contributed by atoms with E-state index in [0.29, 0.717) is 50.8 Å². The maximum Gasteiger partial charge on any atom is 0.263 e. The van der Waals surface area contributed by atoms with Crippen LogP contribution in [0, 0.1) is 0 Å². The summed E-state index contributed by atoms with van der Waals surface area (Å²) in [6.07, 6.45) is 1.57. The second kappa shape index (κ2) is 10.0. The SMILES string of the molecule is CCN1CCN(C(=O)c2cn(CC)nc2S(=O)(=O)N2CCN(c3cccc(Cl)c3)CC2)CC1. The van der Waals surface area contributed by atoms with Crippen molar-refractivity contribution in [2.24, 2.45) is 0 Å². The molecule has 0 saturated carbocycles. The predicted octanol–water partition coefficient (Wildman–Crippen LogP) is 1.84. The molecule has 2 aliphatic rings. The van der Waals surface area contributed by atoms with Gasteiger partial charge in [-0.15, -0.1) is 0 Å². The number of nitrogens with zero attached hydrogens (tertiary/aromatic N) is 6. The molecule has 2 fully saturated rings. The van der Waals surface area contributed by atoms with Crippen LogP contribution >= 0.6 is 11.6 Å². The number of aryl methyl sites for hydroxylation is 1. The smallest absolute Gasteiger partial charge is 0.263 e. The van der Waals surface area contributed by atoms with E-state index in [1.54, 1.807) is 11.1 Å². The van der Waals surface area contributed by atoms with E-state index in [1.165, 1.54) is 8.99 Å². The monoisotopic (exact) mass is 494 g/mol. The standard InChI is InChI=1S/C22H31ClN6O3S/c1-3-25-8-10-27(11-9-25)22(30)20-17-28(4-2)24-21(20)33(31,32)29-14-12-26(13-15-29)19-7-5-6-18(23)16-19/h5-7,16-17H,3-4,8-15H2,1-2H3. The lowest BCUT2D eigenvalue weighted by molar-refractivity contribution is 0.0639. The first kappa shape index (κ1) is 24.0. The van der Waals surface area contributed by atoms with E-state index in [0.717, 1.165) is 25.3 Å². The molecule has 0 bridgehead atoms. The van der Waals surface area contributed by atoms with Crippen molar-refractivity contribution in [3.63, 3.8) is 0 Å². The molecule has 0 radical (unpaired) electrons. The predicted molar refractivity (Wildman–Crippen MR) is 128 cm³/mol. The molecule has 0 spiro atoms. The Hall–Kier alpha value is -2.14. The van der Waals surface area contributed by atoms with Crippen LogP contribution in [0.25, 0.3) is 0 Å². The minimum atomic E-state index is -3.90. The summed E-state index contributed by atoms with van der Waals surface area (Å²) in [6.45, 7) is 9.86. The van der Waals surface area contributed by atoms with Gasteiger partial charge in [-0.25, -0.2) is 8.42 Å². The average molecular weight is 495 g/mol. The second-order valence-electron chi connectivity index (χ2n) is 8.30. The Kier molecular flexibility index (Phi) is 7.28. The number of rotatable bonds is 6. The third kappa shape index (κ3) is 5.03. The van der Waals surface area contributed by atoms with Gasteiger partial charge in [0.15, 0.2) is 0 Å². The van der Waals surface area contributed by atoms with Crippen LogP contribution in [0.1, 0.15) is 24.2 Å². The van der Waals surface area contributed by atoms with Crippen molar-refractivity contribution in [2.75, 3.05) is 63.8 Å². The van der Waals surface area contributed by atoms with E-state index in [1.807, 2.05) is 31.2 Å². The number of sulfonamides is 1. The fraction of sp³-hybridized carbons (Fsp3) is 0.545. The number of benzene rings is 1. The van der Waals surface area contributed by atoms with Crippen molar-refractivity contribution in [1.29, 1.82) is 0 Å². The van der Waals surface area contributed by atoms with Crippen molar-refractivity contribution in [3.8, 4) is 0 Å². The first-order valence-corrected chi connectivity index (χ1v) is 13.2. The summed E-state index contributed by atoms with van der Waals surface area (Å²) in [7, 11) is -3.90. The molecule has 0 N–H and O–H groups in total. The molecule has 33 heavy (non-hydrogen) atoms. The summed E-state index contributed by atoms with van der Waals surface area (Å²) in [4.78, 5) is 19.4. The summed E-state index contributed by atoms with van der Waals surface area (Å²) in [6, 6.07) is 7.55. The Morgan fingerprint density at radius 3 is 2.30 bits per heavy atom. The van der Waals surface area contributed by atoms with Gasteiger partial charge in [0, 0.05) is 75.8 Å². The molecule has 0 unspecified atom stereocenters. The average Bonchev–Trinajstić information content (AvgIpc) is 3.29. The number of hydrogen-bond donors (Lipinski definition) is 0. The molecule has 2 aromatic rings. The highest BCUT2D eigenvalue weighted by molar-refractivity contribution is 7.89. The third-order valence-corrected chi connectivity index (χ3v) is 8.46. The van der Waals surface area contributed by atoms with Crippen LogP contribution in [0.2, 0.25) is 5.02 Å². The summed E-state index contributed by atoms with van der Waals surface area (Å²) in [5.41, 5.74) is 1.14. The minimum Gasteiger partial charge on any atom is -0.369 e. The number of carbonyl (C=O) groups is 1. The highest BCUT2D eigenvalue weighted by atomic mass is 35.5. The molecule has 11 heteroatoms. The summed E-state index contributed by atoms with van der Waals surface area (Å²) < 4.78 is 30.1. The van der Waals surface area contributed by atoms with Crippen LogP contribution in [0.5, 0.6) is 0 Å². The van der Waals surface area contributed by atoms with Crippen LogP contribution in [-0.4, -0.2) is 97.1 Å². The molecule has 0 atom stereocenters. The van der Waals surface area contributed by atoms with Gasteiger partial charge in [-0.05, 0) is 31.7 Å². The Balaban J connectivity index is 1.52. The van der Waals surface area contributed by atoms with Crippen molar-refractivity contribution >= 4 is 33.2 Å². The first-order chi connectivity index (χ1) is 15.8. The minimum absolute atomic E-state index is 0.136. The fourth-order valence-electron chi connectivity index (χ4n) is 4.32. The van der Waals surface area contributed by atoms with Gasteiger partial charge in [-0.3, -0.25) is 9.48 Å². The Morgan fingerprint density at radius 2 is 1.70 bits per heavy atom. The third-order valence-electron chi connectivity index (χ3n) is 6.39. The topological polar surface area (TPSA) is 82.0 Å². The lowest BCUT2D eigenvalue weighted by Crippen LogP contribution is -2.50. The van der Waals surface area contributed by atoms with Gasteiger partial charge in [-0.1, -0.05) is 24.6 Å². The molecule has 180 valence electrons. The van der Waals surface area contributed by atoms with Crippen molar-refractivity contribution in [1.82, 2.24) is 23.9 Å². The molecule has 4 rings (SSSR count). The molecule has 1 aromatic heterocycles. The zero-order valence-corrected chi connectivity index (χ0v) is 20.7. The quantitative estimate of drug-likeness (QED) is 0.609. The summed E-state index contributed by atoms with van der Waals surface area (Å²) in [5, 5.41) is 4.82. The molecular weight excluding hydrogens is 464 g/mol. The van der Waals surface area contributed by atoms with Gasteiger partial charge in [-0.2, -0.15) is 9.40 Å². The Labute approximate surface area is 200 Å². The van der Waals surface area contributed by atoms with Crippen molar-refractivity contribution in [3.05, 3.63) is 41.0 Å². The normalized spacial score (nSPS) is 18.6. The number of carbonyl (C=O) groups excluding carboxylic acids is 1. The van der Waals surface area contributed by atoms with E-state index in [9.17, 15) is 13.2 Å². The van der Waals surface area contributed by atoms with Crippen LogP contribution in [0.3, 0.4) is 0 Å². The number of likely N-dealkylation sites (N-methyl/N-ethyl adjacent to an activating group) is 1. The van der Waals surface area contributed by atoms with E-state index in [-0.39, 0.29) is 16.5 Å². The molecule has 0 aliphatic carbocycles. The number of halogens is 1. The van der Waals surface area contributed by atoms with Crippen LogP contribution in [0.4, 0.5) is 5.69 Å². The molecule has 3 heterocycles. The molecule has 9 nitrogen and oxygen atoms in total. The number of aromatic nitrogens is 2. The first-order valence-electron chi connectivity index (χ1n) is 11.4. The van der Waals surface area contributed by atoms with E-state index in [4.69, 9.17) is 11.6 Å². The molecule has 1 amide bonds. The maximum atomic E-state index is 13.6. The Morgan fingerprint density at radius 1 is 1.00 bits per heavy atom. The highest BCUT2D eigenvalue weighted by Crippen LogP contribution is 2.25. The van der Waals surface area contributed by atoms with Gasteiger partial charge in [0.2, 0.25) is 5.03 Å². The Bertz CT molecular complexity index is 1090. The number of hydrogen-bond acceptors (Lipinski definition) is 6. The van der Waals surface area contributed by atoms with Crippen molar-refractivity contribution in [2.45, 2.75) is 25.4 Å². The van der Waals surface area contributed by atoms with Gasteiger partial charge >= 0.3 is 0 Å². The molecular formula is C22H31ClN6O3S. The zero-order valence-electron chi connectivity index (χ0n) is 19.2. The lowest BCUT2D eigenvalue weighted by Gasteiger charge is -2.35. The van der Waals surface area contributed by atoms with Gasteiger partial charge in [0.1, 0.15) is 0 Å². The molecule has 2 saturated heterocycles. The van der Waals surface area contributed by atoms with Crippen LogP contribution in [-0.2, 0) is 16.6 Å². The molecule has 2 aliphatic heterocycles. The van der Waals surface area contributed by atoms with E-state index in [2.05, 4.69) is 21.8 Å². The lowest BCUT2D eigenvalue weighted by atomic mass is 10.2. The largest absolute Gasteiger partial charge is 0.369 e. The summed E-state index contributed by atoms with van der Waals surface area (Å²) in [5.74, 6) is -0.262. The van der Waals surface area contributed by atoms with Gasteiger partial charge in [0.05, 0.1) is 5.56 Å². The van der Waals surface area contributed by atoms with E-state index < -0.39 is 10.0 Å². The summed E-state index contributed by atoms with van der Waals surface area (Å²) >= 11 is 6.11. The fourth-order valence-corrected chi connectivity index (χ4v) is 6.02. The highest BCUT2D eigenvalue weighted by Gasteiger charge is 2.36. The maximum absolute atomic E-state index is 13.6. The van der Waals surface area contributed by atoms with Gasteiger partial charge in [0.25, 0.3) is 15.9 Å². The van der Waals surface area contributed by atoms with Crippen LogP contribution < -0.4 is 4.90 Å². The van der Waals surface area contributed by atoms with E-state index >= 15 is 0 Å². The van der Waals surface area contributed by atoms with Crippen LogP contribution in [0.15, 0.2) is 35.5 Å². The number of piperazine rings is 2. The van der Waals surface area contributed by atoms with Gasteiger partial charge < -0.3 is 14.7 Å². The number of amides is 1. The second-order valence-corrected chi connectivity index (χ2v) is 10.6. The number of anilines is 1. The molecule has 1 aromatic carbocycles. The zero-order chi connectivity index (χ0) is 23.6.